The standard InChI is InChI=1S/C11H11FN2O/c1-6-3-7-8(11(13)15)5-14(2)10(7)4-9(6)12/h3-5H,1-2H3,(H2,13,15). The number of carbonyl (C=O) groups is 1. The van der Waals surface area contributed by atoms with Crippen LogP contribution < -0.4 is 5.73 Å². The minimum absolute atomic E-state index is 0.278. The van der Waals surface area contributed by atoms with Gasteiger partial charge in [-0.15, -0.1) is 0 Å². The molecule has 1 aromatic carbocycles. The van der Waals surface area contributed by atoms with Crippen LogP contribution in [-0.4, -0.2) is 10.5 Å². The van der Waals surface area contributed by atoms with Crippen LogP contribution in [0.1, 0.15) is 15.9 Å². The fraction of sp³-hybridized carbons (Fsp3) is 0.182. The van der Waals surface area contributed by atoms with E-state index in [0.29, 0.717) is 22.0 Å². The molecule has 0 fully saturated rings. The summed E-state index contributed by atoms with van der Waals surface area (Å²) in [6.07, 6.45) is 1.62. The molecule has 1 aromatic heterocycles. The van der Waals surface area contributed by atoms with Gasteiger partial charge in [-0.1, -0.05) is 0 Å². The molecule has 3 nitrogen and oxygen atoms in total. The predicted octanol–water partition coefficient (Wildman–Crippen LogP) is 1.72. The number of nitrogens with zero attached hydrogens (tertiary/aromatic N) is 1. The first-order chi connectivity index (χ1) is 7.00. The van der Waals surface area contributed by atoms with Crippen LogP contribution in [0.5, 0.6) is 0 Å². The number of aryl methyl sites for hydroxylation is 2. The molecule has 0 unspecified atom stereocenters. The molecule has 0 aliphatic carbocycles. The number of primary amides is 1. The second-order valence-electron chi connectivity index (χ2n) is 3.64. The second kappa shape index (κ2) is 3.08. The number of fused-ring (bicyclic) bond motifs is 1. The van der Waals surface area contributed by atoms with Crippen molar-refractivity contribution in [1.82, 2.24) is 4.57 Å². The molecule has 2 rings (SSSR count). The fourth-order valence-corrected chi connectivity index (χ4v) is 1.71. The van der Waals surface area contributed by atoms with Crippen molar-refractivity contribution in [2.45, 2.75) is 6.92 Å². The summed E-state index contributed by atoms with van der Waals surface area (Å²) < 4.78 is 15.0. The van der Waals surface area contributed by atoms with Gasteiger partial charge >= 0.3 is 0 Å². The highest BCUT2D eigenvalue weighted by Gasteiger charge is 2.12. The van der Waals surface area contributed by atoms with E-state index in [1.165, 1.54) is 6.07 Å². The number of rotatable bonds is 1. The summed E-state index contributed by atoms with van der Waals surface area (Å²) in [6.45, 7) is 1.66. The van der Waals surface area contributed by atoms with Crippen LogP contribution in [-0.2, 0) is 7.05 Å². The molecular weight excluding hydrogens is 195 g/mol. The maximum atomic E-state index is 13.3. The van der Waals surface area contributed by atoms with E-state index >= 15 is 0 Å². The van der Waals surface area contributed by atoms with E-state index in [1.807, 2.05) is 0 Å². The smallest absolute Gasteiger partial charge is 0.250 e. The van der Waals surface area contributed by atoms with Crippen molar-refractivity contribution in [3.05, 3.63) is 35.3 Å². The Morgan fingerprint density at radius 2 is 2.13 bits per heavy atom. The Morgan fingerprint density at radius 3 is 2.73 bits per heavy atom. The maximum Gasteiger partial charge on any atom is 0.250 e. The number of hydrogen-bond acceptors (Lipinski definition) is 1. The van der Waals surface area contributed by atoms with Gasteiger partial charge in [-0.3, -0.25) is 4.79 Å². The molecule has 15 heavy (non-hydrogen) atoms. The van der Waals surface area contributed by atoms with E-state index < -0.39 is 5.91 Å². The molecule has 4 heteroatoms. The van der Waals surface area contributed by atoms with Gasteiger partial charge in [-0.25, -0.2) is 4.39 Å². The number of halogens is 1. The monoisotopic (exact) mass is 206 g/mol. The normalized spacial score (nSPS) is 10.9. The van der Waals surface area contributed by atoms with Crippen LogP contribution in [0.15, 0.2) is 18.3 Å². The summed E-state index contributed by atoms with van der Waals surface area (Å²) in [5.74, 6) is -0.772. The molecule has 78 valence electrons. The van der Waals surface area contributed by atoms with E-state index in [1.54, 1.807) is 30.8 Å². The van der Waals surface area contributed by atoms with Crippen LogP contribution in [0, 0.1) is 12.7 Å². The van der Waals surface area contributed by atoms with Gasteiger partial charge < -0.3 is 10.3 Å². The molecule has 0 saturated carbocycles. The first-order valence-electron chi connectivity index (χ1n) is 4.55. The fourth-order valence-electron chi connectivity index (χ4n) is 1.71. The molecular formula is C11H11FN2O. The van der Waals surface area contributed by atoms with Crippen LogP contribution in [0.3, 0.4) is 0 Å². The van der Waals surface area contributed by atoms with E-state index in [-0.39, 0.29) is 5.82 Å². The van der Waals surface area contributed by atoms with Crippen LogP contribution >= 0.6 is 0 Å². The minimum Gasteiger partial charge on any atom is -0.366 e. The van der Waals surface area contributed by atoms with Gasteiger partial charge in [0.2, 0.25) is 0 Å². The van der Waals surface area contributed by atoms with Crippen molar-refractivity contribution in [2.75, 3.05) is 0 Å². The van der Waals surface area contributed by atoms with E-state index in [4.69, 9.17) is 5.73 Å². The average Bonchev–Trinajstić information content (AvgIpc) is 2.45. The summed E-state index contributed by atoms with van der Waals surface area (Å²) in [5.41, 5.74) is 6.85. The number of nitrogens with two attached hydrogens (primary N) is 1. The predicted molar refractivity (Wildman–Crippen MR) is 56.1 cm³/mol. The quantitative estimate of drug-likeness (QED) is 0.758. The molecule has 0 aliphatic heterocycles. The Morgan fingerprint density at radius 1 is 1.47 bits per heavy atom. The first kappa shape index (κ1) is 9.71. The number of hydrogen-bond donors (Lipinski definition) is 1. The molecule has 0 aliphatic rings. The summed E-state index contributed by atoms with van der Waals surface area (Å²) >= 11 is 0. The highest BCUT2D eigenvalue weighted by Crippen LogP contribution is 2.23. The minimum atomic E-state index is -0.494. The number of benzene rings is 1. The molecule has 1 heterocycles. The zero-order chi connectivity index (χ0) is 11.2. The van der Waals surface area contributed by atoms with Gasteiger partial charge in [0.25, 0.3) is 5.91 Å². The van der Waals surface area contributed by atoms with Crippen molar-refractivity contribution in [1.29, 1.82) is 0 Å². The Balaban J connectivity index is 2.88. The molecule has 1 amide bonds. The Kier molecular flexibility index (Phi) is 2.00. The summed E-state index contributed by atoms with van der Waals surface area (Å²) in [4.78, 5) is 11.1. The lowest BCUT2D eigenvalue weighted by Gasteiger charge is -1.99. The largest absolute Gasteiger partial charge is 0.366 e. The van der Waals surface area contributed by atoms with Crippen molar-refractivity contribution in [3.8, 4) is 0 Å². The Hall–Kier alpha value is -1.84. The van der Waals surface area contributed by atoms with Gasteiger partial charge in [-0.05, 0) is 24.6 Å². The molecule has 2 N–H and O–H groups in total. The molecule has 0 saturated heterocycles. The lowest BCUT2D eigenvalue weighted by Crippen LogP contribution is -2.10. The molecule has 0 radical (unpaired) electrons. The van der Waals surface area contributed by atoms with Crippen molar-refractivity contribution >= 4 is 16.8 Å². The third-order valence-electron chi connectivity index (χ3n) is 2.54. The third-order valence-corrected chi connectivity index (χ3v) is 2.54. The van der Waals surface area contributed by atoms with Gasteiger partial charge in [0.05, 0.1) is 11.1 Å². The van der Waals surface area contributed by atoms with Crippen molar-refractivity contribution < 1.29 is 9.18 Å². The van der Waals surface area contributed by atoms with Crippen LogP contribution in [0.2, 0.25) is 0 Å². The lowest BCUT2D eigenvalue weighted by atomic mass is 10.1. The Bertz CT molecular complexity index is 557. The van der Waals surface area contributed by atoms with Gasteiger partial charge in [0, 0.05) is 18.6 Å². The van der Waals surface area contributed by atoms with Gasteiger partial charge in [-0.2, -0.15) is 0 Å². The van der Waals surface area contributed by atoms with E-state index in [2.05, 4.69) is 0 Å². The van der Waals surface area contributed by atoms with Crippen LogP contribution in [0.4, 0.5) is 4.39 Å². The number of carbonyl (C=O) groups excluding carboxylic acids is 1. The van der Waals surface area contributed by atoms with Crippen LogP contribution in [0.25, 0.3) is 10.9 Å². The molecule has 0 atom stereocenters. The zero-order valence-corrected chi connectivity index (χ0v) is 8.54. The van der Waals surface area contributed by atoms with Crippen molar-refractivity contribution in [3.63, 3.8) is 0 Å². The first-order valence-corrected chi connectivity index (χ1v) is 4.55. The molecule has 0 spiro atoms. The van der Waals surface area contributed by atoms with E-state index in [0.717, 1.165) is 0 Å². The van der Waals surface area contributed by atoms with E-state index in [9.17, 15) is 9.18 Å². The molecule has 0 bridgehead atoms. The zero-order valence-electron chi connectivity index (χ0n) is 8.54. The average molecular weight is 206 g/mol. The maximum absolute atomic E-state index is 13.3. The molecule has 2 aromatic rings. The van der Waals surface area contributed by atoms with Crippen molar-refractivity contribution in [2.24, 2.45) is 12.8 Å². The van der Waals surface area contributed by atoms with Gasteiger partial charge in [0.1, 0.15) is 5.82 Å². The second-order valence-corrected chi connectivity index (χ2v) is 3.64. The Labute approximate surface area is 86.3 Å². The number of amides is 1. The SMILES string of the molecule is Cc1cc2c(C(N)=O)cn(C)c2cc1F. The third kappa shape index (κ3) is 1.38. The number of aromatic nitrogens is 1. The topological polar surface area (TPSA) is 48.0 Å². The highest BCUT2D eigenvalue weighted by atomic mass is 19.1. The summed E-state index contributed by atoms with van der Waals surface area (Å²) in [6, 6.07) is 3.06. The lowest BCUT2D eigenvalue weighted by molar-refractivity contribution is 0.100. The summed E-state index contributed by atoms with van der Waals surface area (Å²) in [7, 11) is 1.75. The van der Waals surface area contributed by atoms with Gasteiger partial charge in [0.15, 0.2) is 0 Å². The summed E-state index contributed by atoms with van der Waals surface area (Å²) in [5, 5.41) is 0.698. The highest BCUT2D eigenvalue weighted by molar-refractivity contribution is 6.06.